The molecule has 1 fully saturated rings. The highest BCUT2D eigenvalue weighted by atomic mass is 19.1. The molecule has 0 spiro atoms. The molecule has 0 aromatic heterocycles. The van der Waals surface area contributed by atoms with Crippen LogP contribution in [0.5, 0.6) is 5.75 Å². The molecule has 0 saturated carbocycles. The van der Waals surface area contributed by atoms with E-state index >= 15 is 0 Å². The minimum absolute atomic E-state index is 0.136. The van der Waals surface area contributed by atoms with Crippen LogP contribution < -0.4 is 10.6 Å². The lowest BCUT2D eigenvalue weighted by molar-refractivity contribution is 0.179. The molecule has 2 heterocycles. The first-order valence-electron chi connectivity index (χ1n) is 11.9. The fourth-order valence-electron chi connectivity index (χ4n) is 5.00. The largest absolute Gasteiger partial charge is 0.508 e. The molecular formula is C27H36FN3O. The number of aromatic hydroxyl groups is 1. The normalized spacial score (nSPS) is 20.7. The van der Waals surface area contributed by atoms with Crippen molar-refractivity contribution in [2.24, 2.45) is 5.92 Å². The Morgan fingerprint density at radius 1 is 1.19 bits per heavy atom. The van der Waals surface area contributed by atoms with Crippen LogP contribution in [0.4, 0.5) is 4.39 Å². The molecule has 2 atom stereocenters. The quantitative estimate of drug-likeness (QED) is 0.595. The first-order valence-corrected chi connectivity index (χ1v) is 11.9. The summed E-state index contributed by atoms with van der Waals surface area (Å²) in [4.78, 5) is 2.53. The van der Waals surface area contributed by atoms with Crippen molar-refractivity contribution in [2.75, 3.05) is 19.6 Å². The third kappa shape index (κ3) is 5.51. The Morgan fingerprint density at radius 3 is 2.69 bits per heavy atom. The van der Waals surface area contributed by atoms with Gasteiger partial charge in [-0.3, -0.25) is 0 Å². The summed E-state index contributed by atoms with van der Waals surface area (Å²) in [6.07, 6.45) is 3.03. The zero-order valence-corrected chi connectivity index (χ0v) is 19.3. The summed E-state index contributed by atoms with van der Waals surface area (Å²) in [5, 5.41) is 17.0. The van der Waals surface area contributed by atoms with Gasteiger partial charge in [0.2, 0.25) is 0 Å². The molecule has 2 aliphatic heterocycles. The summed E-state index contributed by atoms with van der Waals surface area (Å²) in [5.41, 5.74) is 4.61. The van der Waals surface area contributed by atoms with Gasteiger partial charge in [-0.25, -0.2) is 4.39 Å². The van der Waals surface area contributed by atoms with E-state index in [9.17, 15) is 9.50 Å². The van der Waals surface area contributed by atoms with E-state index in [1.165, 1.54) is 11.6 Å². The molecule has 2 aromatic carbocycles. The van der Waals surface area contributed by atoms with E-state index in [1.807, 2.05) is 18.2 Å². The summed E-state index contributed by atoms with van der Waals surface area (Å²) in [6.45, 7) is 12.7. The lowest BCUT2D eigenvalue weighted by Gasteiger charge is -2.37. The van der Waals surface area contributed by atoms with Gasteiger partial charge >= 0.3 is 0 Å². The number of likely N-dealkylation sites (tertiary alicyclic amines) is 1. The maximum atomic E-state index is 13.6. The molecule has 3 N–H and O–H groups in total. The number of rotatable bonds is 7. The zero-order valence-electron chi connectivity index (χ0n) is 19.3. The Morgan fingerprint density at radius 2 is 1.97 bits per heavy atom. The van der Waals surface area contributed by atoms with Crippen molar-refractivity contribution in [3.8, 4) is 5.75 Å². The highest BCUT2D eigenvalue weighted by molar-refractivity contribution is 5.38. The minimum Gasteiger partial charge on any atom is -0.508 e. The monoisotopic (exact) mass is 437 g/mol. The van der Waals surface area contributed by atoms with Gasteiger partial charge in [0.15, 0.2) is 0 Å². The van der Waals surface area contributed by atoms with Crippen LogP contribution >= 0.6 is 0 Å². The number of benzene rings is 2. The minimum atomic E-state index is -0.136. The Labute approximate surface area is 191 Å². The van der Waals surface area contributed by atoms with E-state index in [-0.39, 0.29) is 11.9 Å². The van der Waals surface area contributed by atoms with Gasteiger partial charge in [-0.05, 0) is 85.1 Å². The molecular weight excluding hydrogens is 401 g/mol. The third-order valence-electron chi connectivity index (χ3n) is 7.11. The standard InChI is InChI=1S/C27H36FN3O/c1-18(2)27(17-31-11-9-20(10-12-31)21-5-4-6-24(28)13-21)30-19(3)26-15-22-7-8-25(32)14-23(22)16-29-26/h4-8,13-14,18,20,26-27,29-30,32H,3,9-12,15-17H2,1-2H3/t26-,27-/m1/s1. The SMILES string of the molecule is C=C(N[C@H](CN1CCC(c2cccc(F)c2)CC1)C(C)C)[C@H]1Cc2ccc(O)cc2CN1. The van der Waals surface area contributed by atoms with E-state index in [4.69, 9.17) is 0 Å². The van der Waals surface area contributed by atoms with Gasteiger partial charge in [0.05, 0.1) is 6.04 Å². The van der Waals surface area contributed by atoms with Gasteiger partial charge in [-0.15, -0.1) is 0 Å². The number of phenolic OH excluding ortho intramolecular Hbond substituents is 1. The van der Waals surface area contributed by atoms with Crippen LogP contribution in [0.15, 0.2) is 54.7 Å². The van der Waals surface area contributed by atoms with E-state index in [2.05, 4.69) is 42.0 Å². The van der Waals surface area contributed by atoms with Crippen LogP contribution in [0.3, 0.4) is 0 Å². The molecule has 0 aliphatic carbocycles. The highest BCUT2D eigenvalue weighted by Crippen LogP contribution is 2.29. The molecule has 4 rings (SSSR count). The first kappa shape index (κ1) is 22.8. The van der Waals surface area contributed by atoms with Crippen molar-refractivity contribution >= 4 is 0 Å². The molecule has 32 heavy (non-hydrogen) atoms. The fourth-order valence-corrected chi connectivity index (χ4v) is 5.00. The van der Waals surface area contributed by atoms with Crippen LogP contribution in [0.2, 0.25) is 0 Å². The Bertz CT molecular complexity index is 936. The van der Waals surface area contributed by atoms with Gasteiger partial charge in [0.25, 0.3) is 0 Å². The van der Waals surface area contributed by atoms with Crippen molar-refractivity contribution in [3.05, 3.63) is 77.2 Å². The maximum Gasteiger partial charge on any atom is 0.123 e. The number of nitrogens with one attached hydrogen (secondary N) is 2. The van der Waals surface area contributed by atoms with Crippen LogP contribution in [-0.2, 0) is 13.0 Å². The Hall–Kier alpha value is -2.37. The summed E-state index contributed by atoms with van der Waals surface area (Å²) < 4.78 is 13.6. The number of piperidine rings is 1. The maximum absolute atomic E-state index is 13.6. The van der Waals surface area contributed by atoms with Crippen LogP contribution in [0.25, 0.3) is 0 Å². The second-order valence-corrected chi connectivity index (χ2v) is 9.74. The molecule has 2 aliphatic rings. The molecule has 4 nitrogen and oxygen atoms in total. The smallest absolute Gasteiger partial charge is 0.123 e. The van der Waals surface area contributed by atoms with E-state index < -0.39 is 0 Å². The van der Waals surface area contributed by atoms with E-state index in [0.717, 1.165) is 62.3 Å². The lowest BCUT2D eigenvalue weighted by Crippen LogP contribution is -2.49. The Kier molecular flexibility index (Phi) is 7.17. The van der Waals surface area contributed by atoms with Crippen LogP contribution in [-0.4, -0.2) is 41.7 Å². The van der Waals surface area contributed by atoms with Crippen molar-refractivity contribution in [2.45, 2.75) is 57.7 Å². The molecule has 0 unspecified atom stereocenters. The average molecular weight is 438 g/mol. The number of phenols is 1. The summed E-state index contributed by atoms with van der Waals surface area (Å²) in [6, 6.07) is 13.2. The van der Waals surface area contributed by atoms with Gasteiger partial charge in [-0.2, -0.15) is 0 Å². The third-order valence-corrected chi connectivity index (χ3v) is 7.11. The highest BCUT2D eigenvalue weighted by Gasteiger charge is 2.27. The summed E-state index contributed by atoms with van der Waals surface area (Å²) >= 11 is 0. The predicted molar refractivity (Wildman–Crippen MR) is 128 cm³/mol. The molecule has 2 aromatic rings. The fraction of sp³-hybridized carbons (Fsp3) is 0.481. The second kappa shape index (κ2) is 10.1. The second-order valence-electron chi connectivity index (χ2n) is 9.74. The van der Waals surface area contributed by atoms with Gasteiger partial charge in [0, 0.05) is 24.8 Å². The molecule has 1 saturated heterocycles. The predicted octanol–water partition coefficient (Wildman–Crippen LogP) is 4.55. The van der Waals surface area contributed by atoms with Crippen molar-refractivity contribution < 1.29 is 9.50 Å². The van der Waals surface area contributed by atoms with E-state index in [1.54, 1.807) is 12.1 Å². The number of hydrogen-bond donors (Lipinski definition) is 3. The van der Waals surface area contributed by atoms with Gasteiger partial charge < -0.3 is 20.6 Å². The first-order chi connectivity index (χ1) is 15.4. The van der Waals surface area contributed by atoms with Crippen molar-refractivity contribution in [1.82, 2.24) is 15.5 Å². The zero-order chi connectivity index (χ0) is 22.7. The lowest BCUT2D eigenvalue weighted by atomic mass is 9.89. The van der Waals surface area contributed by atoms with Crippen LogP contribution in [0.1, 0.15) is 49.3 Å². The van der Waals surface area contributed by atoms with Crippen molar-refractivity contribution in [3.63, 3.8) is 0 Å². The molecule has 0 radical (unpaired) electrons. The van der Waals surface area contributed by atoms with Crippen LogP contribution in [0, 0.1) is 11.7 Å². The molecule has 172 valence electrons. The summed E-state index contributed by atoms with van der Waals surface area (Å²) in [5.74, 6) is 1.12. The molecule has 0 bridgehead atoms. The molecule has 0 amide bonds. The van der Waals surface area contributed by atoms with E-state index in [0.29, 0.717) is 23.6 Å². The number of fused-ring (bicyclic) bond motifs is 1. The van der Waals surface area contributed by atoms with Crippen molar-refractivity contribution in [1.29, 1.82) is 0 Å². The average Bonchev–Trinajstić information content (AvgIpc) is 2.78. The molecule has 5 heteroatoms. The topological polar surface area (TPSA) is 47.5 Å². The number of nitrogens with zero attached hydrogens (tertiary/aromatic N) is 1. The summed E-state index contributed by atoms with van der Waals surface area (Å²) in [7, 11) is 0. The van der Waals surface area contributed by atoms with Gasteiger partial charge in [0.1, 0.15) is 11.6 Å². The number of halogens is 1. The van der Waals surface area contributed by atoms with Gasteiger partial charge in [-0.1, -0.05) is 38.6 Å². The Balaban J connectivity index is 1.30. The number of hydrogen-bond acceptors (Lipinski definition) is 4.